The highest BCUT2D eigenvalue weighted by molar-refractivity contribution is 6.36. The zero-order valence-electron chi connectivity index (χ0n) is 13.0. The van der Waals surface area contributed by atoms with Gasteiger partial charge in [0.2, 0.25) is 0 Å². The minimum absolute atomic E-state index is 0.216. The molecule has 8 heteroatoms. The predicted octanol–water partition coefficient (Wildman–Crippen LogP) is 3.46. The average molecular weight is 365 g/mol. The number of aromatic nitrogens is 3. The maximum absolute atomic E-state index is 11.7. The fourth-order valence-corrected chi connectivity index (χ4v) is 2.87. The minimum atomic E-state index is -0.504. The van der Waals surface area contributed by atoms with Crippen molar-refractivity contribution in [3.05, 3.63) is 51.4 Å². The van der Waals surface area contributed by atoms with Crippen LogP contribution >= 0.6 is 23.2 Å². The summed E-state index contributed by atoms with van der Waals surface area (Å²) in [5, 5.41) is 0.904. The number of fused-ring (bicyclic) bond motifs is 1. The average Bonchev–Trinajstić information content (AvgIpc) is 2.86. The molecular weight excluding hydrogens is 351 g/mol. The first kappa shape index (κ1) is 16.5. The van der Waals surface area contributed by atoms with Crippen molar-refractivity contribution in [3.8, 4) is 0 Å². The number of imidazole rings is 1. The van der Waals surface area contributed by atoms with Crippen molar-refractivity contribution in [2.45, 2.75) is 13.5 Å². The summed E-state index contributed by atoms with van der Waals surface area (Å²) in [5.74, 6) is 0.236. The number of anilines is 1. The predicted molar refractivity (Wildman–Crippen MR) is 93.6 cm³/mol. The summed E-state index contributed by atoms with van der Waals surface area (Å²) >= 11 is 12.2. The van der Waals surface area contributed by atoms with Crippen LogP contribution in [0.15, 0.2) is 24.3 Å². The quantitative estimate of drug-likeness (QED) is 0.568. The third-order valence-electron chi connectivity index (χ3n) is 3.67. The molecular formula is C16H14Cl2N4O2. The summed E-state index contributed by atoms with van der Waals surface area (Å²) in [6.45, 7) is 2.26. The van der Waals surface area contributed by atoms with Gasteiger partial charge < -0.3 is 15.0 Å². The number of ether oxygens (including phenoxy) is 1. The summed E-state index contributed by atoms with van der Waals surface area (Å²) in [5.41, 5.74) is 8.55. The SMILES string of the molecule is COC(=O)c1ccc2nc(C)n(Cc3cc(N)c(Cl)cc3Cl)c2n1. The second-order valence-electron chi connectivity index (χ2n) is 5.24. The van der Waals surface area contributed by atoms with Crippen molar-refractivity contribution in [1.82, 2.24) is 14.5 Å². The third-order valence-corrected chi connectivity index (χ3v) is 4.35. The van der Waals surface area contributed by atoms with Gasteiger partial charge in [-0.05, 0) is 36.8 Å². The number of aryl methyl sites for hydroxylation is 1. The van der Waals surface area contributed by atoms with Crippen LogP contribution in [0.2, 0.25) is 10.0 Å². The Morgan fingerprint density at radius 2 is 2.00 bits per heavy atom. The second-order valence-corrected chi connectivity index (χ2v) is 6.06. The molecule has 0 aliphatic rings. The number of halogens is 2. The highest BCUT2D eigenvalue weighted by Crippen LogP contribution is 2.28. The normalized spacial score (nSPS) is 11.0. The van der Waals surface area contributed by atoms with Crippen molar-refractivity contribution in [2.75, 3.05) is 12.8 Å². The summed E-state index contributed by atoms with van der Waals surface area (Å²) in [4.78, 5) is 20.5. The largest absolute Gasteiger partial charge is 0.464 e. The lowest BCUT2D eigenvalue weighted by Gasteiger charge is -2.10. The summed E-state index contributed by atoms with van der Waals surface area (Å²) in [7, 11) is 1.31. The monoisotopic (exact) mass is 364 g/mol. The highest BCUT2D eigenvalue weighted by atomic mass is 35.5. The van der Waals surface area contributed by atoms with E-state index in [0.717, 1.165) is 11.4 Å². The van der Waals surface area contributed by atoms with Crippen molar-refractivity contribution in [3.63, 3.8) is 0 Å². The van der Waals surface area contributed by atoms with E-state index in [1.54, 1.807) is 24.3 Å². The molecule has 24 heavy (non-hydrogen) atoms. The molecule has 0 aliphatic carbocycles. The molecule has 2 aromatic heterocycles. The Kier molecular flexibility index (Phi) is 4.34. The molecule has 2 N–H and O–H groups in total. The van der Waals surface area contributed by atoms with Gasteiger partial charge in [-0.2, -0.15) is 0 Å². The van der Waals surface area contributed by atoms with E-state index in [0.29, 0.717) is 33.4 Å². The van der Waals surface area contributed by atoms with Crippen molar-refractivity contribution in [1.29, 1.82) is 0 Å². The van der Waals surface area contributed by atoms with Crippen LogP contribution in [-0.2, 0) is 11.3 Å². The van der Waals surface area contributed by atoms with Crippen LogP contribution in [0.5, 0.6) is 0 Å². The number of pyridine rings is 1. The van der Waals surface area contributed by atoms with Crippen LogP contribution in [0.25, 0.3) is 11.2 Å². The molecule has 1 aromatic carbocycles. The van der Waals surface area contributed by atoms with E-state index < -0.39 is 5.97 Å². The first-order chi connectivity index (χ1) is 11.4. The van der Waals surface area contributed by atoms with E-state index in [1.165, 1.54) is 7.11 Å². The number of rotatable bonds is 3. The standard InChI is InChI=1S/C16H14Cl2N4O2/c1-8-20-13-3-4-14(16(23)24-2)21-15(13)22(8)7-9-5-12(19)11(18)6-10(9)17/h3-6H,7,19H2,1-2H3. The molecule has 0 atom stereocenters. The van der Waals surface area contributed by atoms with Gasteiger partial charge in [-0.1, -0.05) is 23.2 Å². The topological polar surface area (TPSA) is 83.0 Å². The summed E-state index contributed by atoms with van der Waals surface area (Å²) in [6.07, 6.45) is 0. The van der Waals surface area contributed by atoms with Crippen LogP contribution in [0.3, 0.4) is 0 Å². The lowest BCUT2D eigenvalue weighted by molar-refractivity contribution is 0.0594. The number of esters is 1. The van der Waals surface area contributed by atoms with E-state index in [-0.39, 0.29) is 5.69 Å². The van der Waals surface area contributed by atoms with Crippen molar-refractivity contribution >= 4 is 46.0 Å². The molecule has 0 spiro atoms. The molecule has 0 aliphatic heterocycles. The molecule has 0 fully saturated rings. The molecule has 0 unspecified atom stereocenters. The molecule has 0 bridgehead atoms. The van der Waals surface area contributed by atoms with Gasteiger partial charge in [0, 0.05) is 5.02 Å². The Morgan fingerprint density at radius 3 is 2.71 bits per heavy atom. The zero-order valence-corrected chi connectivity index (χ0v) is 14.5. The molecule has 124 valence electrons. The van der Waals surface area contributed by atoms with Crippen LogP contribution in [0, 0.1) is 6.92 Å². The minimum Gasteiger partial charge on any atom is -0.464 e. The van der Waals surface area contributed by atoms with E-state index in [4.69, 9.17) is 33.7 Å². The van der Waals surface area contributed by atoms with Gasteiger partial charge in [0.1, 0.15) is 11.3 Å². The fraction of sp³-hybridized carbons (Fsp3) is 0.188. The third kappa shape index (κ3) is 2.90. The number of hydrogen-bond donors (Lipinski definition) is 1. The Balaban J connectivity index is 2.10. The van der Waals surface area contributed by atoms with Gasteiger partial charge >= 0.3 is 5.97 Å². The van der Waals surface area contributed by atoms with Gasteiger partial charge in [-0.15, -0.1) is 0 Å². The molecule has 0 saturated heterocycles. The first-order valence-corrected chi connectivity index (χ1v) is 7.82. The fourth-order valence-electron chi connectivity index (χ4n) is 2.43. The molecule has 3 rings (SSSR count). The van der Waals surface area contributed by atoms with E-state index >= 15 is 0 Å². The molecule has 0 amide bonds. The van der Waals surface area contributed by atoms with Gasteiger partial charge in [0.25, 0.3) is 0 Å². The Hall–Kier alpha value is -2.31. The molecule has 2 heterocycles. The lowest BCUT2D eigenvalue weighted by atomic mass is 10.2. The number of carbonyl (C=O) groups excluding carboxylic acids is 1. The van der Waals surface area contributed by atoms with Crippen LogP contribution in [-0.4, -0.2) is 27.6 Å². The molecule has 0 radical (unpaired) electrons. The highest BCUT2D eigenvalue weighted by Gasteiger charge is 2.15. The number of hydrogen-bond acceptors (Lipinski definition) is 5. The molecule has 3 aromatic rings. The number of nitrogen functional groups attached to an aromatic ring is 1. The number of carbonyl (C=O) groups is 1. The van der Waals surface area contributed by atoms with Crippen molar-refractivity contribution < 1.29 is 9.53 Å². The number of methoxy groups -OCH3 is 1. The maximum atomic E-state index is 11.7. The first-order valence-electron chi connectivity index (χ1n) is 7.06. The number of nitrogens with two attached hydrogens (primary N) is 1. The van der Waals surface area contributed by atoms with Crippen LogP contribution in [0.4, 0.5) is 5.69 Å². The smallest absolute Gasteiger partial charge is 0.356 e. The number of nitrogens with zero attached hydrogens (tertiary/aromatic N) is 3. The molecule has 6 nitrogen and oxygen atoms in total. The van der Waals surface area contributed by atoms with Crippen LogP contribution in [0.1, 0.15) is 21.9 Å². The second kappa shape index (κ2) is 6.30. The Morgan fingerprint density at radius 1 is 1.25 bits per heavy atom. The van der Waals surface area contributed by atoms with Crippen LogP contribution < -0.4 is 5.73 Å². The van der Waals surface area contributed by atoms with Crippen molar-refractivity contribution in [2.24, 2.45) is 0 Å². The maximum Gasteiger partial charge on any atom is 0.356 e. The Labute approximate surface area is 148 Å². The molecule has 0 saturated carbocycles. The van der Waals surface area contributed by atoms with Gasteiger partial charge in [-0.25, -0.2) is 14.8 Å². The summed E-state index contributed by atoms with van der Waals surface area (Å²) in [6, 6.07) is 6.64. The zero-order chi connectivity index (χ0) is 17.4. The van der Waals surface area contributed by atoms with Gasteiger partial charge in [-0.3, -0.25) is 0 Å². The summed E-state index contributed by atoms with van der Waals surface area (Å²) < 4.78 is 6.57. The van der Waals surface area contributed by atoms with E-state index in [2.05, 4.69) is 9.97 Å². The van der Waals surface area contributed by atoms with Gasteiger partial charge in [0.05, 0.1) is 24.4 Å². The van der Waals surface area contributed by atoms with Gasteiger partial charge in [0.15, 0.2) is 11.3 Å². The van der Waals surface area contributed by atoms with E-state index in [1.807, 2.05) is 11.5 Å². The number of benzene rings is 1. The van der Waals surface area contributed by atoms with E-state index in [9.17, 15) is 4.79 Å². The lowest BCUT2D eigenvalue weighted by Crippen LogP contribution is -2.08. The Bertz CT molecular complexity index is 953.